The van der Waals surface area contributed by atoms with Crippen molar-refractivity contribution < 1.29 is 8.78 Å². The third-order valence-corrected chi connectivity index (χ3v) is 1.68. The Hall–Kier alpha value is -1.26. The Kier molecular flexibility index (Phi) is 3.33. The van der Waals surface area contributed by atoms with Crippen LogP contribution in [0.1, 0.15) is 13.8 Å². The van der Waals surface area contributed by atoms with E-state index in [9.17, 15) is 8.78 Å². The summed E-state index contributed by atoms with van der Waals surface area (Å²) in [7, 11) is 1.74. The molecule has 0 aliphatic heterocycles. The fourth-order valence-electron chi connectivity index (χ4n) is 1.22. The average Bonchev–Trinajstić information content (AvgIpc) is 2.00. The standard InChI is InChI=1S/C9H13F2N3/c1-6(2)5-14(3)8-4-7(10)12-9(11)13-8/h4,6H,5H2,1-3H3. The van der Waals surface area contributed by atoms with Gasteiger partial charge < -0.3 is 4.90 Å². The second kappa shape index (κ2) is 4.30. The zero-order chi connectivity index (χ0) is 10.7. The van der Waals surface area contributed by atoms with E-state index >= 15 is 0 Å². The van der Waals surface area contributed by atoms with Crippen molar-refractivity contribution in [1.82, 2.24) is 9.97 Å². The molecule has 0 unspecified atom stereocenters. The lowest BCUT2D eigenvalue weighted by atomic mass is 10.2. The minimum absolute atomic E-state index is 0.267. The van der Waals surface area contributed by atoms with E-state index < -0.39 is 12.0 Å². The van der Waals surface area contributed by atoms with E-state index in [0.29, 0.717) is 12.5 Å². The molecule has 1 aromatic rings. The van der Waals surface area contributed by atoms with Gasteiger partial charge in [0, 0.05) is 19.7 Å². The van der Waals surface area contributed by atoms with E-state index in [1.807, 2.05) is 13.8 Å². The van der Waals surface area contributed by atoms with Gasteiger partial charge in [0.2, 0.25) is 5.95 Å². The van der Waals surface area contributed by atoms with Gasteiger partial charge in [0.15, 0.2) is 0 Å². The molecule has 0 aromatic carbocycles. The van der Waals surface area contributed by atoms with Crippen LogP contribution in [0.25, 0.3) is 0 Å². The lowest BCUT2D eigenvalue weighted by Gasteiger charge is -2.19. The number of nitrogens with zero attached hydrogens (tertiary/aromatic N) is 3. The number of rotatable bonds is 3. The maximum atomic E-state index is 12.7. The monoisotopic (exact) mass is 201 g/mol. The Bertz CT molecular complexity index is 295. The normalized spacial score (nSPS) is 10.7. The Balaban J connectivity index is 2.84. The summed E-state index contributed by atoms with van der Waals surface area (Å²) in [6.45, 7) is 4.73. The predicted molar refractivity (Wildman–Crippen MR) is 50.1 cm³/mol. The van der Waals surface area contributed by atoms with Gasteiger partial charge in [0.25, 0.3) is 0 Å². The van der Waals surface area contributed by atoms with Crippen LogP contribution in [0, 0.1) is 17.9 Å². The number of halogens is 2. The quantitative estimate of drug-likeness (QED) is 0.552. The summed E-state index contributed by atoms with van der Waals surface area (Å²) < 4.78 is 25.3. The molecule has 0 radical (unpaired) electrons. The molecule has 78 valence electrons. The van der Waals surface area contributed by atoms with Crippen molar-refractivity contribution >= 4 is 5.82 Å². The summed E-state index contributed by atoms with van der Waals surface area (Å²) in [5, 5.41) is 0. The van der Waals surface area contributed by atoms with E-state index in [4.69, 9.17) is 0 Å². The Morgan fingerprint density at radius 3 is 2.50 bits per heavy atom. The van der Waals surface area contributed by atoms with Gasteiger partial charge in [-0.2, -0.15) is 18.7 Å². The first-order chi connectivity index (χ1) is 6.49. The predicted octanol–water partition coefficient (Wildman–Crippen LogP) is 1.85. The van der Waals surface area contributed by atoms with Crippen molar-refractivity contribution in [3.05, 3.63) is 18.1 Å². The maximum Gasteiger partial charge on any atom is 0.313 e. The second-order valence-corrected chi connectivity index (χ2v) is 3.59. The first kappa shape index (κ1) is 10.8. The van der Waals surface area contributed by atoms with Crippen molar-refractivity contribution in [2.45, 2.75) is 13.8 Å². The van der Waals surface area contributed by atoms with Crippen molar-refractivity contribution in [2.75, 3.05) is 18.5 Å². The molecule has 0 spiro atoms. The molecule has 5 heteroatoms. The van der Waals surface area contributed by atoms with Crippen LogP contribution in [0.15, 0.2) is 6.07 Å². The largest absolute Gasteiger partial charge is 0.359 e. The summed E-state index contributed by atoms with van der Waals surface area (Å²) >= 11 is 0. The molecule has 1 aromatic heterocycles. The van der Waals surface area contributed by atoms with Gasteiger partial charge in [-0.05, 0) is 5.92 Å². The van der Waals surface area contributed by atoms with Crippen molar-refractivity contribution in [3.63, 3.8) is 0 Å². The highest BCUT2D eigenvalue weighted by Gasteiger charge is 2.08. The van der Waals surface area contributed by atoms with Gasteiger partial charge in [-0.3, -0.25) is 0 Å². The minimum Gasteiger partial charge on any atom is -0.359 e. The van der Waals surface area contributed by atoms with E-state index in [2.05, 4.69) is 9.97 Å². The summed E-state index contributed by atoms with van der Waals surface area (Å²) in [6, 6.07) is 1.12. The van der Waals surface area contributed by atoms with Gasteiger partial charge in [0.05, 0.1) is 0 Å². The van der Waals surface area contributed by atoms with Gasteiger partial charge >= 0.3 is 6.08 Å². The summed E-state index contributed by atoms with van der Waals surface area (Å²) in [4.78, 5) is 8.11. The summed E-state index contributed by atoms with van der Waals surface area (Å²) in [6.07, 6.45) is -1.03. The number of aromatic nitrogens is 2. The first-order valence-electron chi connectivity index (χ1n) is 4.40. The Morgan fingerprint density at radius 2 is 2.00 bits per heavy atom. The highest BCUT2D eigenvalue weighted by Crippen LogP contribution is 2.11. The Morgan fingerprint density at radius 1 is 1.36 bits per heavy atom. The molecule has 0 aliphatic carbocycles. The van der Waals surface area contributed by atoms with Crippen LogP contribution in [0.5, 0.6) is 0 Å². The van der Waals surface area contributed by atoms with Crippen LogP contribution in [0.4, 0.5) is 14.6 Å². The highest BCUT2D eigenvalue weighted by atomic mass is 19.1. The number of hydrogen-bond acceptors (Lipinski definition) is 3. The molecule has 0 saturated heterocycles. The van der Waals surface area contributed by atoms with Crippen molar-refractivity contribution in [1.29, 1.82) is 0 Å². The van der Waals surface area contributed by atoms with Crippen LogP contribution in [-0.4, -0.2) is 23.6 Å². The maximum absolute atomic E-state index is 12.7. The van der Waals surface area contributed by atoms with Gasteiger partial charge in [0.1, 0.15) is 5.82 Å². The zero-order valence-corrected chi connectivity index (χ0v) is 8.46. The zero-order valence-electron chi connectivity index (χ0n) is 8.46. The third-order valence-electron chi connectivity index (χ3n) is 1.68. The smallest absolute Gasteiger partial charge is 0.313 e. The molecule has 1 heterocycles. The Labute approximate surface area is 81.8 Å². The molecule has 0 atom stereocenters. The fraction of sp³-hybridized carbons (Fsp3) is 0.556. The molecule has 0 amide bonds. The van der Waals surface area contributed by atoms with Crippen molar-refractivity contribution in [2.24, 2.45) is 5.92 Å². The minimum atomic E-state index is -1.03. The highest BCUT2D eigenvalue weighted by molar-refractivity contribution is 5.35. The van der Waals surface area contributed by atoms with Gasteiger partial charge in [-0.15, -0.1) is 0 Å². The molecule has 0 fully saturated rings. The summed E-state index contributed by atoms with van der Waals surface area (Å²) in [5.41, 5.74) is 0. The molecular formula is C9H13F2N3. The van der Waals surface area contributed by atoms with Crippen LogP contribution < -0.4 is 4.90 Å². The third kappa shape index (κ3) is 2.90. The van der Waals surface area contributed by atoms with E-state index in [1.165, 1.54) is 0 Å². The van der Waals surface area contributed by atoms with Crippen molar-refractivity contribution in [3.8, 4) is 0 Å². The van der Waals surface area contributed by atoms with Crippen LogP contribution >= 0.6 is 0 Å². The molecule has 0 N–H and O–H groups in total. The molecule has 14 heavy (non-hydrogen) atoms. The second-order valence-electron chi connectivity index (χ2n) is 3.59. The SMILES string of the molecule is CC(C)CN(C)c1cc(F)nc(F)n1. The van der Waals surface area contributed by atoms with Crippen LogP contribution in [0.3, 0.4) is 0 Å². The lowest BCUT2D eigenvalue weighted by molar-refractivity contribution is 0.480. The van der Waals surface area contributed by atoms with Crippen LogP contribution in [-0.2, 0) is 0 Å². The lowest BCUT2D eigenvalue weighted by Crippen LogP contribution is -2.24. The number of hydrogen-bond donors (Lipinski definition) is 0. The molecular weight excluding hydrogens is 188 g/mol. The van der Waals surface area contributed by atoms with Crippen LogP contribution in [0.2, 0.25) is 0 Å². The molecule has 1 rings (SSSR count). The fourth-order valence-corrected chi connectivity index (χ4v) is 1.22. The van der Waals surface area contributed by atoms with E-state index in [1.54, 1.807) is 11.9 Å². The topological polar surface area (TPSA) is 29.0 Å². The molecule has 0 bridgehead atoms. The molecule has 0 saturated carbocycles. The molecule has 3 nitrogen and oxygen atoms in total. The first-order valence-corrected chi connectivity index (χ1v) is 4.40. The number of anilines is 1. The summed E-state index contributed by atoms with van der Waals surface area (Å²) in [5.74, 6) is -0.173. The van der Waals surface area contributed by atoms with E-state index in [-0.39, 0.29) is 5.82 Å². The van der Waals surface area contributed by atoms with E-state index in [0.717, 1.165) is 6.07 Å². The van der Waals surface area contributed by atoms with Gasteiger partial charge in [-0.25, -0.2) is 0 Å². The van der Waals surface area contributed by atoms with Gasteiger partial charge in [-0.1, -0.05) is 13.8 Å². The average molecular weight is 201 g/mol. The molecule has 0 aliphatic rings.